The van der Waals surface area contributed by atoms with Crippen LogP contribution in [0.3, 0.4) is 0 Å². The van der Waals surface area contributed by atoms with E-state index in [9.17, 15) is 13.2 Å². The van der Waals surface area contributed by atoms with E-state index in [4.69, 9.17) is 5.73 Å². The molecule has 0 aliphatic rings. The van der Waals surface area contributed by atoms with Gasteiger partial charge in [0.2, 0.25) is 5.91 Å². The van der Waals surface area contributed by atoms with Gasteiger partial charge in [0.1, 0.15) is 0 Å². The first-order chi connectivity index (χ1) is 8.29. The van der Waals surface area contributed by atoms with Gasteiger partial charge in [0, 0.05) is 25.3 Å². The first-order valence-electron chi connectivity index (χ1n) is 5.60. The van der Waals surface area contributed by atoms with Crippen molar-refractivity contribution in [1.29, 1.82) is 0 Å². The summed E-state index contributed by atoms with van der Waals surface area (Å²) in [5, 5.41) is 2.72. The van der Waals surface area contributed by atoms with Crippen molar-refractivity contribution < 1.29 is 13.2 Å². The van der Waals surface area contributed by atoms with Gasteiger partial charge in [-0.3, -0.25) is 4.79 Å². The molecule has 7 heteroatoms. The molecule has 0 heterocycles. The molecule has 1 aromatic rings. The molecule has 0 aromatic heterocycles. The van der Waals surface area contributed by atoms with Gasteiger partial charge in [0.25, 0.3) is 0 Å². The molecule has 0 radical (unpaired) electrons. The van der Waals surface area contributed by atoms with Crippen molar-refractivity contribution in [2.24, 2.45) is 5.73 Å². The Morgan fingerprint density at radius 1 is 1.32 bits per heavy atom. The molecule has 0 aliphatic carbocycles. The van der Waals surface area contributed by atoms with Gasteiger partial charge in [-0.1, -0.05) is 12.1 Å². The van der Waals surface area contributed by atoms with Crippen molar-refractivity contribution in [3.63, 3.8) is 0 Å². The third-order valence-corrected chi connectivity index (χ3v) is 3.48. The van der Waals surface area contributed by atoms with Gasteiger partial charge >= 0.3 is 0 Å². The molecule has 5 nitrogen and oxygen atoms in total. The lowest BCUT2D eigenvalue weighted by atomic mass is 10.2. The fourth-order valence-electron chi connectivity index (χ4n) is 1.42. The first-order valence-corrected chi connectivity index (χ1v) is 7.49. The predicted molar refractivity (Wildman–Crippen MR) is 76.9 cm³/mol. The zero-order valence-corrected chi connectivity index (χ0v) is 12.6. The summed E-state index contributed by atoms with van der Waals surface area (Å²) in [6.07, 6.45) is 1.44. The highest BCUT2D eigenvalue weighted by molar-refractivity contribution is 7.90. The molecule has 0 aliphatic heterocycles. The van der Waals surface area contributed by atoms with Crippen LogP contribution in [-0.2, 0) is 21.2 Å². The highest BCUT2D eigenvalue weighted by Crippen LogP contribution is 2.10. The summed E-state index contributed by atoms with van der Waals surface area (Å²) in [7, 11) is -3.17. The van der Waals surface area contributed by atoms with E-state index in [1.807, 2.05) is 0 Å². The van der Waals surface area contributed by atoms with Crippen molar-refractivity contribution in [2.45, 2.75) is 30.8 Å². The number of rotatable bonds is 5. The first kappa shape index (κ1) is 17.9. The minimum Gasteiger partial charge on any atom is -0.352 e. The fourth-order valence-corrected chi connectivity index (χ4v) is 2.05. The monoisotopic (exact) mass is 306 g/mol. The number of nitrogens with two attached hydrogens (primary N) is 1. The number of carbonyl (C=O) groups excluding carboxylic acids is 1. The molecule has 1 aromatic carbocycles. The van der Waals surface area contributed by atoms with Crippen LogP contribution in [-0.4, -0.2) is 26.6 Å². The molecule has 108 valence electrons. The maximum atomic E-state index is 11.4. The average molecular weight is 307 g/mol. The van der Waals surface area contributed by atoms with Crippen LogP contribution in [0.1, 0.15) is 18.9 Å². The van der Waals surface area contributed by atoms with Gasteiger partial charge in [-0.25, -0.2) is 8.42 Å². The summed E-state index contributed by atoms with van der Waals surface area (Å²) in [4.78, 5) is 11.6. The molecule has 0 fully saturated rings. The lowest BCUT2D eigenvalue weighted by Crippen LogP contribution is -2.29. The third kappa shape index (κ3) is 6.56. The van der Waals surface area contributed by atoms with Crippen LogP contribution in [0.15, 0.2) is 29.2 Å². The van der Waals surface area contributed by atoms with Crippen LogP contribution in [0.25, 0.3) is 0 Å². The second kappa shape index (κ2) is 7.47. The summed E-state index contributed by atoms with van der Waals surface area (Å²) in [5.41, 5.74) is 6.35. The van der Waals surface area contributed by atoms with E-state index in [1.54, 1.807) is 19.1 Å². The highest BCUT2D eigenvalue weighted by Gasteiger charge is 2.07. The summed E-state index contributed by atoms with van der Waals surface area (Å²) in [6.45, 7) is 2.13. The Morgan fingerprint density at radius 3 is 2.26 bits per heavy atom. The minimum atomic E-state index is -3.17. The van der Waals surface area contributed by atoms with E-state index >= 15 is 0 Å². The van der Waals surface area contributed by atoms with Crippen LogP contribution in [0, 0.1) is 0 Å². The molecule has 1 rings (SSSR count). The second-order valence-electron chi connectivity index (χ2n) is 4.37. The lowest BCUT2D eigenvalue weighted by molar-refractivity contribution is -0.121. The topological polar surface area (TPSA) is 89.3 Å². The molecule has 3 N–H and O–H groups in total. The van der Waals surface area contributed by atoms with Crippen molar-refractivity contribution in [2.75, 3.05) is 6.26 Å². The number of amides is 1. The van der Waals surface area contributed by atoms with Crippen molar-refractivity contribution in [3.05, 3.63) is 29.8 Å². The Morgan fingerprint density at radius 2 is 1.84 bits per heavy atom. The number of halogens is 1. The van der Waals surface area contributed by atoms with Crippen LogP contribution < -0.4 is 11.1 Å². The van der Waals surface area contributed by atoms with Crippen LogP contribution >= 0.6 is 12.4 Å². The molecule has 1 amide bonds. The van der Waals surface area contributed by atoms with Gasteiger partial charge in [-0.15, -0.1) is 12.4 Å². The number of hydrogen-bond acceptors (Lipinski definition) is 4. The molecule has 0 saturated heterocycles. The second-order valence-corrected chi connectivity index (χ2v) is 6.39. The number of hydrogen-bond donors (Lipinski definition) is 2. The summed E-state index contributed by atoms with van der Waals surface area (Å²) in [5.74, 6) is -0.114. The maximum Gasteiger partial charge on any atom is 0.221 e. The number of benzene rings is 1. The standard InChI is InChI=1S/C12H18N2O3S.ClH/c1-9(13)7-12(15)14-8-10-3-5-11(6-4-10)18(2,16)17;/h3-6,9H,7-8,13H2,1-2H3,(H,14,15);1H. The summed E-state index contributed by atoms with van der Waals surface area (Å²) >= 11 is 0. The molecule has 0 bridgehead atoms. The molecular weight excluding hydrogens is 288 g/mol. The molecule has 1 unspecified atom stereocenters. The fraction of sp³-hybridized carbons (Fsp3) is 0.417. The third-order valence-electron chi connectivity index (χ3n) is 2.35. The SMILES string of the molecule is CC(N)CC(=O)NCc1ccc(S(C)(=O)=O)cc1.Cl. The zero-order chi connectivity index (χ0) is 13.8. The number of sulfone groups is 1. The largest absolute Gasteiger partial charge is 0.352 e. The predicted octanol–water partition coefficient (Wildman–Crippen LogP) is 0.865. The van der Waals surface area contributed by atoms with E-state index in [0.717, 1.165) is 11.8 Å². The quantitative estimate of drug-likeness (QED) is 0.844. The van der Waals surface area contributed by atoms with Gasteiger partial charge in [-0.05, 0) is 24.6 Å². The Balaban J connectivity index is 0.00000324. The molecule has 1 atom stereocenters. The number of nitrogens with one attached hydrogen (secondary N) is 1. The Bertz CT molecular complexity index is 512. The maximum absolute atomic E-state index is 11.4. The van der Waals surface area contributed by atoms with E-state index in [1.165, 1.54) is 12.1 Å². The van der Waals surface area contributed by atoms with E-state index in [2.05, 4.69) is 5.32 Å². The Hall–Kier alpha value is -1.11. The molecule has 0 spiro atoms. The zero-order valence-electron chi connectivity index (χ0n) is 10.9. The lowest BCUT2D eigenvalue weighted by Gasteiger charge is -2.07. The van der Waals surface area contributed by atoms with Gasteiger partial charge < -0.3 is 11.1 Å². The van der Waals surface area contributed by atoms with E-state index in [0.29, 0.717) is 6.54 Å². The van der Waals surface area contributed by atoms with E-state index in [-0.39, 0.29) is 35.7 Å². The molecule has 0 saturated carbocycles. The van der Waals surface area contributed by atoms with Crippen molar-refractivity contribution in [1.82, 2.24) is 5.32 Å². The van der Waals surface area contributed by atoms with Crippen LogP contribution in [0.2, 0.25) is 0 Å². The molecular formula is C12H19ClN2O3S. The summed E-state index contributed by atoms with van der Waals surface area (Å²) in [6, 6.07) is 6.26. The Kier molecular flexibility index (Phi) is 7.04. The Labute approximate surface area is 119 Å². The normalized spacial score (nSPS) is 12.4. The average Bonchev–Trinajstić information content (AvgIpc) is 2.25. The van der Waals surface area contributed by atoms with Crippen LogP contribution in [0.4, 0.5) is 0 Å². The van der Waals surface area contributed by atoms with E-state index < -0.39 is 9.84 Å². The van der Waals surface area contributed by atoms with Crippen LogP contribution in [0.5, 0.6) is 0 Å². The highest BCUT2D eigenvalue weighted by atomic mass is 35.5. The smallest absolute Gasteiger partial charge is 0.221 e. The van der Waals surface area contributed by atoms with Gasteiger partial charge in [-0.2, -0.15) is 0 Å². The van der Waals surface area contributed by atoms with Crippen molar-refractivity contribution in [3.8, 4) is 0 Å². The van der Waals surface area contributed by atoms with Crippen molar-refractivity contribution >= 4 is 28.2 Å². The van der Waals surface area contributed by atoms with Gasteiger partial charge in [0.15, 0.2) is 9.84 Å². The molecule has 19 heavy (non-hydrogen) atoms. The van der Waals surface area contributed by atoms with Gasteiger partial charge in [0.05, 0.1) is 4.90 Å². The summed E-state index contributed by atoms with van der Waals surface area (Å²) < 4.78 is 22.5. The number of carbonyl (C=O) groups is 1. The minimum absolute atomic E-state index is 0.